The molecule has 10 heteroatoms. The van der Waals surface area contributed by atoms with Crippen LogP contribution < -0.4 is 0 Å². The van der Waals surface area contributed by atoms with Gasteiger partial charge in [0.25, 0.3) is 5.69 Å². The molecule has 1 aromatic carbocycles. The van der Waals surface area contributed by atoms with Gasteiger partial charge in [0.1, 0.15) is 11.8 Å². The molecule has 2 N–H and O–H groups in total. The van der Waals surface area contributed by atoms with Crippen molar-refractivity contribution in [3.8, 4) is 5.69 Å². The van der Waals surface area contributed by atoms with E-state index in [0.29, 0.717) is 0 Å². The molecule has 0 aliphatic rings. The monoisotopic (exact) mass is 304 g/mol. The highest BCUT2D eigenvalue weighted by Crippen LogP contribution is 2.24. The van der Waals surface area contributed by atoms with Crippen molar-refractivity contribution >= 4 is 5.69 Å². The molecule has 0 amide bonds. The number of benzene rings is 1. The molecule has 2 atom stereocenters. The van der Waals surface area contributed by atoms with Crippen LogP contribution in [0.3, 0.4) is 0 Å². The van der Waals surface area contributed by atoms with Crippen LogP contribution in [0.2, 0.25) is 0 Å². The molecule has 0 radical (unpaired) electrons. The summed E-state index contributed by atoms with van der Waals surface area (Å²) in [6.45, 7) is -0.297. The summed E-state index contributed by atoms with van der Waals surface area (Å²) in [5, 5.41) is 37.7. The molecule has 0 spiro atoms. The zero-order chi connectivity index (χ0) is 16.1. The average Bonchev–Trinajstić information content (AvgIpc) is 3.01. The van der Waals surface area contributed by atoms with Crippen molar-refractivity contribution in [2.45, 2.75) is 12.2 Å². The van der Waals surface area contributed by atoms with Crippen LogP contribution in [-0.2, 0) is 0 Å². The lowest BCUT2D eigenvalue weighted by molar-refractivity contribution is -0.384. The largest absolute Gasteiger partial charge is 0.390 e. The summed E-state index contributed by atoms with van der Waals surface area (Å²) >= 11 is 0. The minimum atomic E-state index is -1.32. The Labute approximate surface area is 124 Å². The Kier molecular flexibility index (Phi) is 4.69. The van der Waals surface area contributed by atoms with Gasteiger partial charge >= 0.3 is 0 Å². The number of aromatic nitrogens is 2. The van der Waals surface area contributed by atoms with Gasteiger partial charge in [-0.15, -0.1) is 0 Å². The first-order chi connectivity index (χ1) is 10.5. The first kappa shape index (κ1) is 15.4. The molecule has 22 heavy (non-hydrogen) atoms. The highest BCUT2D eigenvalue weighted by atomic mass is 16.6. The second kappa shape index (κ2) is 6.68. The van der Waals surface area contributed by atoms with Crippen molar-refractivity contribution in [2.75, 3.05) is 6.54 Å². The smallest absolute Gasteiger partial charge is 0.294 e. The van der Waals surface area contributed by atoms with Crippen LogP contribution in [0.5, 0.6) is 0 Å². The van der Waals surface area contributed by atoms with Crippen LogP contribution in [0.4, 0.5) is 5.69 Å². The molecule has 0 fully saturated rings. The lowest BCUT2D eigenvalue weighted by Gasteiger charge is -2.13. The van der Waals surface area contributed by atoms with Crippen molar-refractivity contribution in [2.24, 2.45) is 5.11 Å². The van der Waals surface area contributed by atoms with Crippen molar-refractivity contribution < 1.29 is 15.1 Å². The molecular formula is C12H12N6O4. The maximum absolute atomic E-state index is 11.0. The lowest BCUT2D eigenvalue weighted by atomic mass is 10.1. The third-order valence-electron chi connectivity index (χ3n) is 2.97. The molecule has 2 unspecified atom stereocenters. The Bertz CT molecular complexity index is 724. The molecule has 0 saturated heterocycles. The Morgan fingerprint density at radius 1 is 1.45 bits per heavy atom. The number of nitro benzene ring substituents is 1. The number of aliphatic hydroxyl groups excluding tert-OH is 2. The van der Waals surface area contributed by atoms with Gasteiger partial charge in [0.15, 0.2) is 0 Å². The predicted molar refractivity (Wildman–Crippen MR) is 75.2 cm³/mol. The van der Waals surface area contributed by atoms with Gasteiger partial charge in [-0.1, -0.05) is 17.2 Å². The van der Waals surface area contributed by atoms with E-state index in [9.17, 15) is 20.3 Å². The number of aliphatic hydroxyl groups is 2. The van der Waals surface area contributed by atoms with Gasteiger partial charge in [-0.2, -0.15) is 5.10 Å². The third-order valence-corrected chi connectivity index (χ3v) is 2.97. The summed E-state index contributed by atoms with van der Waals surface area (Å²) in [7, 11) is 0. The third kappa shape index (κ3) is 3.20. The standard InChI is InChI=1S/C12H12N6O4/c13-16-14-6-11(19)12(20)8-5-15-17(7-8)9-3-1-2-4-10(9)18(21)22/h1-5,7,11-12,19-20H,6H2. The average molecular weight is 304 g/mol. The van der Waals surface area contributed by atoms with Crippen LogP contribution in [0.15, 0.2) is 41.8 Å². The Balaban J connectivity index is 2.29. The lowest BCUT2D eigenvalue weighted by Crippen LogP contribution is -2.20. The second-order valence-corrected chi connectivity index (χ2v) is 4.39. The quantitative estimate of drug-likeness (QED) is 0.272. The van der Waals surface area contributed by atoms with Gasteiger partial charge in [0.2, 0.25) is 0 Å². The molecule has 10 nitrogen and oxygen atoms in total. The molecule has 0 aliphatic carbocycles. The van der Waals surface area contributed by atoms with Gasteiger partial charge in [-0.3, -0.25) is 10.1 Å². The van der Waals surface area contributed by atoms with Crippen LogP contribution >= 0.6 is 0 Å². The van der Waals surface area contributed by atoms with Crippen LogP contribution in [0.1, 0.15) is 11.7 Å². The Hall–Kier alpha value is -2.94. The van der Waals surface area contributed by atoms with E-state index in [1.165, 1.54) is 35.3 Å². The highest BCUT2D eigenvalue weighted by Gasteiger charge is 2.21. The van der Waals surface area contributed by atoms with E-state index in [0.717, 1.165) is 0 Å². The van der Waals surface area contributed by atoms with E-state index in [2.05, 4.69) is 15.1 Å². The zero-order valence-electron chi connectivity index (χ0n) is 11.2. The van der Waals surface area contributed by atoms with E-state index >= 15 is 0 Å². The van der Waals surface area contributed by atoms with Crippen molar-refractivity contribution in [3.05, 3.63) is 62.8 Å². The first-order valence-corrected chi connectivity index (χ1v) is 6.20. The fourth-order valence-corrected chi connectivity index (χ4v) is 1.88. The molecule has 114 valence electrons. The summed E-state index contributed by atoms with van der Waals surface area (Å²) < 4.78 is 1.23. The number of nitro groups is 1. The number of para-hydroxylation sites is 2. The normalized spacial score (nSPS) is 13.2. The molecular weight excluding hydrogens is 292 g/mol. The first-order valence-electron chi connectivity index (χ1n) is 6.20. The van der Waals surface area contributed by atoms with Crippen LogP contribution in [0, 0.1) is 10.1 Å². The number of hydrogen-bond acceptors (Lipinski definition) is 6. The fraction of sp³-hybridized carbons (Fsp3) is 0.250. The minimum Gasteiger partial charge on any atom is -0.390 e. The van der Waals surface area contributed by atoms with Crippen molar-refractivity contribution in [1.82, 2.24) is 9.78 Å². The van der Waals surface area contributed by atoms with Gasteiger partial charge in [-0.05, 0) is 11.6 Å². The number of nitrogens with zero attached hydrogens (tertiary/aromatic N) is 6. The van der Waals surface area contributed by atoms with Crippen molar-refractivity contribution in [1.29, 1.82) is 0 Å². The predicted octanol–water partition coefficient (Wildman–Crippen LogP) is 1.49. The maximum Gasteiger partial charge on any atom is 0.294 e. The molecule has 2 aromatic rings. The molecule has 1 heterocycles. The van der Waals surface area contributed by atoms with Gasteiger partial charge in [0.05, 0.1) is 23.8 Å². The molecule has 0 bridgehead atoms. The molecule has 2 rings (SSSR count). The van der Waals surface area contributed by atoms with E-state index < -0.39 is 17.1 Å². The second-order valence-electron chi connectivity index (χ2n) is 4.39. The SMILES string of the molecule is [N-]=[N+]=NCC(O)C(O)c1cnn(-c2ccccc2[N+](=O)[O-])c1. The van der Waals surface area contributed by atoms with Crippen LogP contribution in [0.25, 0.3) is 16.1 Å². The van der Waals surface area contributed by atoms with Crippen LogP contribution in [-0.4, -0.2) is 37.6 Å². The van der Waals surface area contributed by atoms with E-state index in [-0.39, 0.29) is 23.5 Å². The zero-order valence-corrected chi connectivity index (χ0v) is 11.2. The molecule has 1 aromatic heterocycles. The van der Waals surface area contributed by atoms with E-state index in [4.69, 9.17) is 5.53 Å². The van der Waals surface area contributed by atoms with Crippen molar-refractivity contribution in [3.63, 3.8) is 0 Å². The van der Waals surface area contributed by atoms with E-state index in [1.807, 2.05) is 0 Å². The number of hydrogen-bond donors (Lipinski definition) is 2. The summed E-state index contributed by atoms with van der Waals surface area (Å²) in [4.78, 5) is 12.9. The summed E-state index contributed by atoms with van der Waals surface area (Å²) in [5.41, 5.74) is 8.53. The summed E-state index contributed by atoms with van der Waals surface area (Å²) in [6, 6.07) is 6.00. The van der Waals surface area contributed by atoms with Gasteiger partial charge in [-0.25, -0.2) is 4.68 Å². The minimum absolute atomic E-state index is 0.138. The summed E-state index contributed by atoms with van der Waals surface area (Å²) in [6.07, 6.45) is 0.0360. The Morgan fingerprint density at radius 2 is 2.18 bits per heavy atom. The summed E-state index contributed by atoms with van der Waals surface area (Å²) in [5.74, 6) is 0. The highest BCUT2D eigenvalue weighted by molar-refractivity contribution is 5.51. The maximum atomic E-state index is 11.0. The number of azide groups is 1. The topological polar surface area (TPSA) is 150 Å². The fourth-order valence-electron chi connectivity index (χ4n) is 1.88. The van der Waals surface area contributed by atoms with E-state index in [1.54, 1.807) is 6.07 Å². The molecule has 0 saturated carbocycles. The number of rotatable bonds is 6. The molecule has 0 aliphatic heterocycles. The van der Waals surface area contributed by atoms with Gasteiger partial charge < -0.3 is 10.2 Å². The van der Waals surface area contributed by atoms with Gasteiger partial charge in [0, 0.05) is 22.7 Å². The Morgan fingerprint density at radius 3 is 2.86 bits per heavy atom.